The summed E-state index contributed by atoms with van der Waals surface area (Å²) in [5.41, 5.74) is 0.937. The maximum absolute atomic E-state index is 5.75. The summed E-state index contributed by atoms with van der Waals surface area (Å²) in [5.74, 6) is 0.506. The van der Waals surface area contributed by atoms with Crippen LogP contribution in [-0.2, 0) is 0 Å². The van der Waals surface area contributed by atoms with E-state index in [0.717, 1.165) is 5.57 Å². The van der Waals surface area contributed by atoms with Crippen LogP contribution in [0, 0.1) is 0 Å². The molecule has 0 amide bonds. The number of hydrogen-bond acceptors (Lipinski definition) is 3. The highest BCUT2D eigenvalue weighted by molar-refractivity contribution is 6.31. The number of rotatable bonds is 1. The molecule has 0 fully saturated rings. The summed E-state index contributed by atoms with van der Waals surface area (Å²) in [6.07, 6.45) is 14.4. The van der Waals surface area contributed by atoms with Crippen LogP contribution in [0.15, 0.2) is 42.5 Å². The van der Waals surface area contributed by atoms with E-state index in [1.165, 1.54) is 0 Å². The lowest BCUT2D eigenvalue weighted by molar-refractivity contribution is 1.01. The fourth-order valence-electron chi connectivity index (χ4n) is 1.34. The van der Waals surface area contributed by atoms with Gasteiger partial charge in [0.15, 0.2) is 5.82 Å². The first-order valence-corrected chi connectivity index (χ1v) is 5.78. The lowest BCUT2D eigenvalue weighted by Crippen LogP contribution is -1.97. The Kier molecular flexibility index (Phi) is 4.07. The minimum atomic E-state index is 0.104. The fourth-order valence-corrected chi connectivity index (χ4v) is 1.70. The largest absolute Gasteiger partial charge is 0.227 e. The van der Waals surface area contributed by atoms with Crippen LogP contribution < -0.4 is 0 Å². The van der Waals surface area contributed by atoms with Crippen molar-refractivity contribution < 1.29 is 0 Å². The van der Waals surface area contributed by atoms with E-state index in [4.69, 9.17) is 23.2 Å². The molecule has 1 aliphatic carbocycles. The van der Waals surface area contributed by atoms with Crippen molar-refractivity contribution in [3.05, 3.63) is 58.9 Å². The zero-order valence-corrected chi connectivity index (χ0v) is 10.4. The Labute approximate surface area is 109 Å². The van der Waals surface area contributed by atoms with Crippen molar-refractivity contribution in [3.8, 4) is 0 Å². The molecule has 0 unspecified atom stereocenters. The summed E-state index contributed by atoms with van der Waals surface area (Å²) >= 11 is 11.5. The molecule has 3 nitrogen and oxygen atoms in total. The van der Waals surface area contributed by atoms with Crippen LogP contribution in [0.4, 0.5) is 0 Å². The first-order chi connectivity index (χ1) is 8.25. The van der Waals surface area contributed by atoms with Gasteiger partial charge in [0.25, 0.3) is 0 Å². The Balaban J connectivity index is 2.37. The number of halogens is 2. The normalized spacial score (nSPS) is 23.8. The number of nitrogens with zero attached hydrogens (tertiary/aromatic N) is 3. The molecule has 0 aliphatic heterocycles. The predicted molar refractivity (Wildman–Crippen MR) is 69.9 cm³/mol. The molecule has 0 saturated heterocycles. The molecular formula is C12H9Cl2N3. The Morgan fingerprint density at radius 3 is 2.24 bits per heavy atom. The number of hydrogen-bond donors (Lipinski definition) is 0. The van der Waals surface area contributed by atoms with E-state index in [9.17, 15) is 0 Å². The topological polar surface area (TPSA) is 38.7 Å². The molecule has 1 aromatic heterocycles. The maximum Gasteiger partial charge on any atom is 0.227 e. The van der Waals surface area contributed by atoms with Crippen molar-refractivity contribution in [3.63, 3.8) is 0 Å². The van der Waals surface area contributed by atoms with Crippen LogP contribution in [0.25, 0.3) is 5.57 Å². The lowest BCUT2D eigenvalue weighted by atomic mass is 10.1. The standard InChI is InChI=1S/C12H9Cl2N3/c13-11-15-10(16-12(14)17-11)9-7-5-3-1-2-4-6-8-9/h1-7H,8H2/b2-1-,5-3-,6-4-,9-7+. The Bertz CT molecular complexity index is 510. The smallest absolute Gasteiger partial charge is 0.198 e. The predicted octanol–water partition coefficient (Wildman–Crippen LogP) is 3.63. The molecule has 86 valence electrons. The summed E-state index contributed by atoms with van der Waals surface area (Å²) in [6.45, 7) is 0. The second-order valence-corrected chi connectivity index (χ2v) is 3.97. The van der Waals surface area contributed by atoms with Crippen LogP contribution >= 0.6 is 23.2 Å². The molecule has 0 radical (unpaired) electrons. The van der Waals surface area contributed by atoms with Crippen molar-refractivity contribution >= 4 is 28.8 Å². The summed E-state index contributed by atoms with van der Waals surface area (Å²) in [6, 6.07) is 0. The zero-order valence-electron chi connectivity index (χ0n) is 8.85. The summed E-state index contributed by atoms with van der Waals surface area (Å²) < 4.78 is 0. The molecule has 1 aliphatic rings. The van der Waals surface area contributed by atoms with Crippen molar-refractivity contribution in [1.29, 1.82) is 0 Å². The Morgan fingerprint density at radius 1 is 0.824 bits per heavy atom. The van der Waals surface area contributed by atoms with Crippen LogP contribution in [0.1, 0.15) is 12.2 Å². The van der Waals surface area contributed by atoms with E-state index < -0.39 is 0 Å². The van der Waals surface area contributed by atoms with Gasteiger partial charge in [-0.3, -0.25) is 0 Å². The first kappa shape index (κ1) is 12.0. The van der Waals surface area contributed by atoms with E-state index in [1.807, 2.05) is 42.5 Å². The monoisotopic (exact) mass is 265 g/mol. The van der Waals surface area contributed by atoms with Gasteiger partial charge < -0.3 is 0 Å². The third-order valence-electron chi connectivity index (χ3n) is 2.08. The molecule has 0 aromatic carbocycles. The average molecular weight is 266 g/mol. The lowest BCUT2D eigenvalue weighted by Gasteiger charge is -2.02. The van der Waals surface area contributed by atoms with Gasteiger partial charge in [0.05, 0.1) is 0 Å². The highest BCUT2D eigenvalue weighted by atomic mass is 35.5. The van der Waals surface area contributed by atoms with E-state index in [1.54, 1.807) is 0 Å². The first-order valence-electron chi connectivity index (χ1n) is 5.02. The van der Waals surface area contributed by atoms with Gasteiger partial charge in [-0.15, -0.1) is 0 Å². The Morgan fingerprint density at radius 2 is 1.47 bits per heavy atom. The molecule has 17 heavy (non-hydrogen) atoms. The summed E-state index contributed by atoms with van der Waals surface area (Å²) in [7, 11) is 0. The van der Waals surface area contributed by atoms with Crippen molar-refractivity contribution in [2.24, 2.45) is 0 Å². The third-order valence-corrected chi connectivity index (χ3v) is 2.42. The molecular weight excluding hydrogens is 257 g/mol. The van der Waals surface area contributed by atoms with Gasteiger partial charge in [0, 0.05) is 5.57 Å². The molecule has 0 bridgehead atoms. The Hall–Kier alpha value is -1.45. The number of aromatic nitrogens is 3. The van der Waals surface area contributed by atoms with Crippen molar-refractivity contribution in [2.45, 2.75) is 6.42 Å². The number of allylic oxidation sites excluding steroid dienone is 8. The molecule has 1 aromatic rings. The molecule has 0 atom stereocenters. The SMILES string of the molecule is Clc1nc(Cl)nc(/C2=C/C=C\C=C/C=C\C2)n1. The zero-order chi connectivity index (χ0) is 12.1. The molecule has 5 heteroatoms. The van der Waals surface area contributed by atoms with E-state index in [-0.39, 0.29) is 10.6 Å². The quantitative estimate of drug-likeness (QED) is 0.779. The average Bonchev–Trinajstić information content (AvgIpc) is 2.40. The van der Waals surface area contributed by atoms with Crippen molar-refractivity contribution in [1.82, 2.24) is 15.0 Å². The summed E-state index contributed by atoms with van der Waals surface area (Å²) in [4.78, 5) is 11.8. The van der Waals surface area contributed by atoms with Gasteiger partial charge >= 0.3 is 0 Å². The molecule has 2 rings (SSSR count). The minimum Gasteiger partial charge on any atom is -0.198 e. The van der Waals surface area contributed by atoms with Gasteiger partial charge in [-0.2, -0.15) is 15.0 Å². The van der Waals surface area contributed by atoms with Gasteiger partial charge in [-0.1, -0.05) is 42.5 Å². The molecule has 1 heterocycles. The van der Waals surface area contributed by atoms with Crippen LogP contribution in [0.5, 0.6) is 0 Å². The highest BCUT2D eigenvalue weighted by Crippen LogP contribution is 2.18. The van der Waals surface area contributed by atoms with E-state index in [2.05, 4.69) is 15.0 Å². The highest BCUT2D eigenvalue weighted by Gasteiger charge is 2.07. The van der Waals surface area contributed by atoms with Crippen molar-refractivity contribution in [2.75, 3.05) is 0 Å². The maximum atomic E-state index is 5.75. The third kappa shape index (κ3) is 3.51. The molecule has 0 saturated carbocycles. The van der Waals surface area contributed by atoms with Gasteiger partial charge in [-0.05, 0) is 29.6 Å². The molecule has 0 spiro atoms. The second kappa shape index (κ2) is 5.75. The fraction of sp³-hybridized carbons (Fsp3) is 0.0833. The van der Waals surface area contributed by atoms with Crippen LogP contribution in [-0.4, -0.2) is 15.0 Å². The minimum absolute atomic E-state index is 0.104. The van der Waals surface area contributed by atoms with E-state index in [0.29, 0.717) is 12.2 Å². The van der Waals surface area contributed by atoms with Crippen LogP contribution in [0.3, 0.4) is 0 Å². The second-order valence-electron chi connectivity index (χ2n) is 3.29. The van der Waals surface area contributed by atoms with Gasteiger partial charge in [0.2, 0.25) is 10.6 Å². The summed E-state index contributed by atoms with van der Waals surface area (Å²) in [5, 5.41) is 0.207. The van der Waals surface area contributed by atoms with E-state index >= 15 is 0 Å². The molecule has 0 N–H and O–H groups in total. The van der Waals surface area contributed by atoms with Gasteiger partial charge in [-0.25, -0.2) is 0 Å². The van der Waals surface area contributed by atoms with Gasteiger partial charge in [0.1, 0.15) is 0 Å². The van der Waals surface area contributed by atoms with Crippen LogP contribution in [0.2, 0.25) is 10.6 Å².